The highest BCUT2D eigenvalue weighted by Crippen LogP contribution is 2.23. The molecule has 3 aromatic rings. The van der Waals surface area contributed by atoms with Crippen molar-refractivity contribution in [2.24, 2.45) is 0 Å². The molecule has 1 atom stereocenters. The second-order valence-electron chi connectivity index (χ2n) is 6.63. The van der Waals surface area contributed by atoms with E-state index in [0.29, 0.717) is 23.4 Å². The summed E-state index contributed by atoms with van der Waals surface area (Å²) in [6.07, 6.45) is 0.434. The third kappa shape index (κ3) is 3.90. The van der Waals surface area contributed by atoms with Crippen molar-refractivity contribution in [2.75, 3.05) is 16.8 Å². The predicted octanol–water partition coefficient (Wildman–Crippen LogP) is 2.47. The number of nitrogens with one attached hydrogen (secondary N) is 2. The molecule has 0 bridgehead atoms. The monoisotopic (exact) mass is 415 g/mol. The number of nitrogens with zero attached hydrogens (tertiary/aromatic N) is 1. The fraction of sp³-hybridized carbons (Fsp3) is 0.211. The lowest BCUT2D eigenvalue weighted by atomic mass is 10.1. The highest BCUT2D eigenvalue weighted by atomic mass is 32.2. The number of carbonyl (C=O) groups is 2. The van der Waals surface area contributed by atoms with Gasteiger partial charge < -0.3 is 10.6 Å². The third-order valence-electron chi connectivity index (χ3n) is 4.57. The number of benzene rings is 2. The molecule has 0 spiro atoms. The Labute approximate surface area is 165 Å². The summed E-state index contributed by atoms with van der Waals surface area (Å²) in [7, 11) is -3.05. The first-order chi connectivity index (χ1) is 13.4. The average molecular weight is 415 g/mol. The smallest absolute Gasteiger partial charge is 0.276 e. The fourth-order valence-corrected chi connectivity index (χ4v) is 5.57. The molecule has 2 amide bonds. The maximum atomic E-state index is 12.5. The van der Waals surface area contributed by atoms with Gasteiger partial charge in [-0.1, -0.05) is 18.2 Å². The largest absolute Gasteiger partial charge is 0.348 e. The van der Waals surface area contributed by atoms with Gasteiger partial charge in [0, 0.05) is 22.7 Å². The van der Waals surface area contributed by atoms with Crippen LogP contribution in [0.4, 0.5) is 5.69 Å². The van der Waals surface area contributed by atoms with Crippen molar-refractivity contribution < 1.29 is 18.0 Å². The number of carbonyl (C=O) groups excluding carboxylic acids is 2. The van der Waals surface area contributed by atoms with Crippen LogP contribution in [0.1, 0.15) is 27.3 Å². The summed E-state index contributed by atoms with van der Waals surface area (Å²) in [5.74, 6) is -0.556. The minimum absolute atomic E-state index is 0.0194. The van der Waals surface area contributed by atoms with Gasteiger partial charge in [-0.05, 0) is 48.3 Å². The van der Waals surface area contributed by atoms with Crippen LogP contribution < -0.4 is 10.6 Å². The predicted molar refractivity (Wildman–Crippen MR) is 109 cm³/mol. The molecular weight excluding hydrogens is 398 g/mol. The molecule has 1 fully saturated rings. The zero-order valence-corrected chi connectivity index (χ0v) is 16.3. The topological polar surface area (TPSA) is 105 Å². The Hall–Kier alpha value is -2.78. The number of fused-ring (bicyclic) bond motifs is 1. The van der Waals surface area contributed by atoms with Gasteiger partial charge >= 0.3 is 0 Å². The van der Waals surface area contributed by atoms with Crippen molar-refractivity contribution in [1.82, 2.24) is 9.69 Å². The normalized spacial score (nSPS) is 18.1. The molecule has 7 nitrogen and oxygen atoms in total. The van der Waals surface area contributed by atoms with Gasteiger partial charge in [-0.15, -0.1) is 0 Å². The Bertz CT molecular complexity index is 1150. The summed E-state index contributed by atoms with van der Waals surface area (Å²) in [5, 5.41) is 6.32. The minimum atomic E-state index is -3.05. The molecule has 1 unspecified atom stereocenters. The summed E-state index contributed by atoms with van der Waals surface area (Å²) in [5.41, 5.74) is 1.31. The van der Waals surface area contributed by atoms with Crippen molar-refractivity contribution in [1.29, 1.82) is 0 Å². The number of rotatable bonds is 4. The van der Waals surface area contributed by atoms with E-state index in [0.717, 1.165) is 10.1 Å². The molecule has 2 heterocycles. The summed E-state index contributed by atoms with van der Waals surface area (Å²) >= 11 is 1.27. The molecule has 0 aliphatic carbocycles. The molecule has 1 aliphatic heterocycles. The number of amides is 2. The van der Waals surface area contributed by atoms with Crippen molar-refractivity contribution >= 4 is 49.0 Å². The molecule has 0 radical (unpaired) electrons. The van der Waals surface area contributed by atoms with Crippen LogP contribution in [0.3, 0.4) is 0 Å². The molecule has 144 valence electrons. The molecule has 1 aliphatic rings. The quantitative estimate of drug-likeness (QED) is 0.681. The Balaban J connectivity index is 1.42. The molecule has 9 heteroatoms. The Morgan fingerprint density at radius 2 is 1.79 bits per heavy atom. The van der Waals surface area contributed by atoms with Gasteiger partial charge in [0.2, 0.25) is 0 Å². The minimum Gasteiger partial charge on any atom is -0.348 e. The van der Waals surface area contributed by atoms with Crippen LogP contribution in [0.2, 0.25) is 0 Å². The van der Waals surface area contributed by atoms with Crippen molar-refractivity contribution in [3.8, 4) is 0 Å². The highest BCUT2D eigenvalue weighted by molar-refractivity contribution is 7.91. The number of anilines is 1. The van der Waals surface area contributed by atoms with E-state index in [1.807, 2.05) is 24.3 Å². The van der Waals surface area contributed by atoms with Gasteiger partial charge in [-0.25, -0.2) is 8.42 Å². The van der Waals surface area contributed by atoms with Crippen molar-refractivity contribution in [2.45, 2.75) is 12.5 Å². The molecule has 2 aromatic carbocycles. The SMILES string of the molecule is O=C(NC1CCS(=O)(=O)C1)c1ccc(NC(=O)c2nsc3ccccc23)cc1. The van der Waals surface area contributed by atoms with E-state index >= 15 is 0 Å². The molecule has 28 heavy (non-hydrogen) atoms. The van der Waals surface area contributed by atoms with Gasteiger partial charge in [0.15, 0.2) is 9.84 Å². The number of hydrogen-bond donors (Lipinski definition) is 2. The molecule has 0 saturated carbocycles. The summed E-state index contributed by atoms with van der Waals surface area (Å²) < 4.78 is 28.1. The zero-order chi connectivity index (χ0) is 19.7. The standard InChI is InChI=1S/C19H17N3O4S2/c23-18(21-14-9-10-28(25,26)11-14)12-5-7-13(8-6-12)20-19(24)17-15-3-1-2-4-16(15)27-22-17/h1-8,14H,9-11H2,(H,20,24)(H,21,23). The van der Waals surface area contributed by atoms with Crippen LogP contribution in [0.5, 0.6) is 0 Å². The van der Waals surface area contributed by atoms with Crippen LogP contribution in [0, 0.1) is 0 Å². The summed E-state index contributed by atoms with van der Waals surface area (Å²) in [6, 6.07) is 13.6. The van der Waals surface area contributed by atoms with Crippen molar-refractivity contribution in [3.63, 3.8) is 0 Å². The van der Waals surface area contributed by atoms with Gasteiger partial charge in [-0.3, -0.25) is 9.59 Å². The number of sulfone groups is 1. The summed E-state index contributed by atoms with van der Waals surface area (Å²) in [4.78, 5) is 24.8. The van der Waals surface area contributed by atoms with Crippen LogP contribution in [-0.2, 0) is 9.84 Å². The van der Waals surface area contributed by atoms with Crippen LogP contribution in [0.15, 0.2) is 48.5 Å². The summed E-state index contributed by atoms with van der Waals surface area (Å²) in [6.45, 7) is 0. The molecule has 1 aromatic heterocycles. The first-order valence-electron chi connectivity index (χ1n) is 8.68. The van der Waals surface area contributed by atoms with E-state index in [-0.39, 0.29) is 29.4 Å². The van der Waals surface area contributed by atoms with Crippen LogP contribution in [0.25, 0.3) is 10.1 Å². The Morgan fingerprint density at radius 1 is 1.04 bits per heavy atom. The van der Waals surface area contributed by atoms with Crippen molar-refractivity contribution in [3.05, 3.63) is 59.8 Å². The Kier molecular flexibility index (Phi) is 4.86. The van der Waals surface area contributed by atoms with E-state index in [1.54, 1.807) is 24.3 Å². The second kappa shape index (κ2) is 7.33. The zero-order valence-electron chi connectivity index (χ0n) is 14.7. The molecular formula is C19H17N3O4S2. The van der Waals surface area contributed by atoms with E-state index < -0.39 is 9.84 Å². The number of hydrogen-bond acceptors (Lipinski definition) is 6. The third-order valence-corrected chi connectivity index (χ3v) is 7.16. The van der Waals surface area contributed by atoms with Gasteiger partial charge in [0.1, 0.15) is 5.69 Å². The van der Waals surface area contributed by atoms with Crippen LogP contribution >= 0.6 is 11.5 Å². The second-order valence-corrected chi connectivity index (χ2v) is 9.67. The lowest BCUT2D eigenvalue weighted by Gasteiger charge is -2.11. The van der Waals surface area contributed by atoms with Crippen LogP contribution in [-0.4, -0.2) is 42.2 Å². The van der Waals surface area contributed by atoms with E-state index in [2.05, 4.69) is 15.0 Å². The fourth-order valence-electron chi connectivity index (χ4n) is 3.12. The molecule has 4 rings (SSSR count). The molecule has 2 N–H and O–H groups in total. The highest BCUT2D eigenvalue weighted by Gasteiger charge is 2.29. The van der Waals surface area contributed by atoms with Gasteiger partial charge in [0.05, 0.1) is 16.2 Å². The maximum Gasteiger partial charge on any atom is 0.276 e. The lowest BCUT2D eigenvalue weighted by Crippen LogP contribution is -2.35. The Morgan fingerprint density at radius 3 is 2.50 bits per heavy atom. The van der Waals surface area contributed by atoms with E-state index in [9.17, 15) is 18.0 Å². The lowest BCUT2D eigenvalue weighted by molar-refractivity contribution is 0.0940. The van der Waals surface area contributed by atoms with E-state index in [1.165, 1.54) is 11.5 Å². The van der Waals surface area contributed by atoms with Gasteiger partial charge in [0.25, 0.3) is 11.8 Å². The first kappa shape index (κ1) is 18.6. The van der Waals surface area contributed by atoms with E-state index in [4.69, 9.17) is 0 Å². The molecule has 1 saturated heterocycles. The first-order valence-corrected chi connectivity index (χ1v) is 11.3. The maximum absolute atomic E-state index is 12.5. The average Bonchev–Trinajstić information content (AvgIpc) is 3.25. The van der Waals surface area contributed by atoms with Gasteiger partial charge in [-0.2, -0.15) is 4.37 Å². The number of aromatic nitrogens is 1.